The number of hydrogen-bond acceptors (Lipinski definition) is 9. The molecule has 1 aliphatic rings. The van der Waals surface area contributed by atoms with Crippen molar-refractivity contribution in [2.24, 2.45) is 5.10 Å². The summed E-state index contributed by atoms with van der Waals surface area (Å²) >= 11 is 0.505. The Labute approximate surface area is 162 Å². The summed E-state index contributed by atoms with van der Waals surface area (Å²) in [6, 6.07) is -0.379. The molecule has 0 radical (unpaired) electrons. The van der Waals surface area contributed by atoms with Crippen LogP contribution in [0.3, 0.4) is 0 Å². The number of halogens is 3. The van der Waals surface area contributed by atoms with Crippen molar-refractivity contribution in [3.63, 3.8) is 0 Å². The third-order valence-electron chi connectivity index (χ3n) is 3.89. The molecule has 0 saturated heterocycles. The van der Waals surface area contributed by atoms with E-state index in [2.05, 4.69) is 20.1 Å². The highest BCUT2D eigenvalue weighted by Crippen LogP contribution is 2.43. The predicted molar refractivity (Wildman–Crippen MR) is 97.1 cm³/mol. The molecule has 0 bridgehead atoms. The van der Waals surface area contributed by atoms with E-state index in [1.807, 2.05) is 0 Å². The zero-order valence-corrected chi connectivity index (χ0v) is 16.1. The van der Waals surface area contributed by atoms with E-state index in [-0.39, 0.29) is 23.4 Å². The highest BCUT2D eigenvalue weighted by Gasteiger charge is 2.38. The van der Waals surface area contributed by atoms with Gasteiger partial charge in [0.25, 0.3) is 0 Å². The van der Waals surface area contributed by atoms with Crippen LogP contribution in [0.5, 0.6) is 6.01 Å². The molecule has 3 rings (SSSR count). The molecule has 0 amide bonds. The third kappa shape index (κ3) is 3.91. The highest BCUT2D eigenvalue weighted by molar-refractivity contribution is 7.16. The van der Waals surface area contributed by atoms with E-state index < -0.39 is 17.2 Å². The molecule has 0 N–H and O–H groups in total. The molecule has 0 unspecified atom stereocenters. The first-order chi connectivity index (χ1) is 13.2. The Morgan fingerprint density at radius 2 is 2.04 bits per heavy atom. The molecule has 3 heterocycles. The minimum absolute atomic E-state index is 0.0931. The number of rotatable bonds is 6. The summed E-state index contributed by atoms with van der Waals surface area (Å²) in [5.41, 5.74) is 0.412. The topological polar surface area (TPSA) is 83.8 Å². The van der Waals surface area contributed by atoms with Gasteiger partial charge in [-0.25, -0.2) is 15.0 Å². The molecule has 8 nitrogen and oxygen atoms in total. The van der Waals surface area contributed by atoms with Crippen LogP contribution in [0.25, 0.3) is 11.3 Å². The first-order valence-corrected chi connectivity index (χ1v) is 9.14. The van der Waals surface area contributed by atoms with Crippen molar-refractivity contribution < 1.29 is 22.7 Å². The predicted octanol–water partition coefficient (Wildman–Crippen LogP) is 3.02. The van der Waals surface area contributed by atoms with Gasteiger partial charge in [0.2, 0.25) is 5.01 Å². The van der Waals surface area contributed by atoms with E-state index in [0.29, 0.717) is 29.3 Å². The molecule has 0 fully saturated rings. The number of anilines is 1. The fourth-order valence-corrected chi connectivity index (χ4v) is 3.46. The number of aldehydes is 1. The SMILES string of the molecule is CCOc1ncc(-c2nc(C(F)(F)F)sc2N2CN([C@H](C)C=O)N=C2C)cn1. The number of thiazole rings is 1. The van der Waals surface area contributed by atoms with Gasteiger partial charge in [-0.3, -0.25) is 9.91 Å². The normalized spacial score (nSPS) is 15.6. The molecule has 28 heavy (non-hydrogen) atoms. The number of amidine groups is 1. The molecule has 2 aromatic heterocycles. The average Bonchev–Trinajstić information content (AvgIpc) is 3.25. The lowest BCUT2D eigenvalue weighted by molar-refractivity contribution is -0.137. The number of nitrogens with zero attached hydrogens (tertiary/aromatic N) is 6. The van der Waals surface area contributed by atoms with Gasteiger partial charge < -0.3 is 9.53 Å². The summed E-state index contributed by atoms with van der Waals surface area (Å²) in [6.07, 6.45) is -1.14. The quantitative estimate of drug-likeness (QED) is 0.672. The molecule has 2 aromatic rings. The molecular weight excluding hydrogens is 397 g/mol. The Kier molecular flexibility index (Phi) is 5.49. The number of hydrogen-bond donors (Lipinski definition) is 0. The molecule has 150 valence electrons. The van der Waals surface area contributed by atoms with Crippen molar-refractivity contribution in [1.82, 2.24) is 20.0 Å². The van der Waals surface area contributed by atoms with E-state index in [4.69, 9.17) is 4.74 Å². The van der Waals surface area contributed by atoms with Crippen LogP contribution in [0.15, 0.2) is 17.5 Å². The first kappa shape index (κ1) is 20.0. The van der Waals surface area contributed by atoms with Crippen molar-refractivity contribution >= 4 is 28.5 Å². The zero-order valence-electron chi connectivity index (χ0n) is 15.3. The number of aromatic nitrogens is 3. The summed E-state index contributed by atoms with van der Waals surface area (Å²) in [5.74, 6) is 0.458. The van der Waals surface area contributed by atoms with Gasteiger partial charge in [-0.05, 0) is 20.8 Å². The number of ether oxygens (including phenoxy) is 1. The summed E-state index contributed by atoms with van der Waals surface area (Å²) in [7, 11) is 0. The van der Waals surface area contributed by atoms with Crippen molar-refractivity contribution in [2.45, 2.75) is 33.0 Å². The van der Waals surface area contributed by atoms with Crippen LogP contribution >= 0.6 is 11.3 Å². The van der Waals surface area contributed by atoms with Crippen LogP contribution in [0, 0.1) is 0 Å². The molecule has 0 aromatic carbocycles. The maximum atomic E-state index is 13.3. The lowest BCUT2D eigenvalue weighted by atomic mass is 10.2. The van der Waals surface area contributed by atoms with Gasteiger partial charge in [-0.2, -0.15) is 18.3 Å². The fourth-order valence-electron chi connectivity index (χ4n) is 2.47. The summed E-state index contributed by atoms with van der Waals surface area (Å²) in [4.78, 5) is 24.4. The van der Waals surface area contributed by atoms with Gasteiger partial charge in [0, 0.05) is 18.0 Å². The second kappa shape index (κ2) is 7.70. The van der Waals surface area contributed by atoms with Crippen LogP contribution in [-0.2, 0) is 11.0 Å². The van der Waals surface area contributed by atoms with E-state index >= 15 is 0 Å². The maximum absolute atomic E-state index is 13.3. The smallest absolute Gasteiger partial charge is 0.443 e. The van der Waals surface area contributed by atoms with Crippen molar-refractivity contribution in [3.05, 3.63) is 17.4 Å². The Morgan fingerprint density at radius 3 is 2.61 bits per heavy atom. The Bertz CT molecular complexity index is 883. The molecule has 0 saturated carbocycles. The molecule has 1 aliphatic heterocycles. The van der Waals surface area contributed by atoms with E-state index in [1.165, 1.54) is 17.4 Å². The lowest BCUT2D eigenvalue weighted by Crippen LogP contribution is -2.34. The number of carbonyl (C=O) groups excluding carboxylic acids is 1. The zero-order chi connectivity index (χ0) is 20.5. The summed E-state index contributed by atoms with van der Waals surface area (Å²) in [5, 5.41) is 5.01. The maximum Gasteiger partial charge on any atom is 0.443 e. The monoisotopic (exact) mass is 414 g/mol. The van der Waals surface area contributed by atoms with Crippen LogP contribution in [0.1, 0.15) is 25.8 Å². The van der Waals surface area contributed by atoms with Crippen molar-refractivity contribution in [3.8, 4) is 17.3 Å². The number of carbonyl (C=O) groups is 1. The molecular formula is C16H17F3N6O2S. The second-order valence-corrected chi connectivity index (χ2v) is 6.87. The minimum atomic E-state index is -4.59. The number of alkyl halides is 3. The van der Waals surface area contributed by atoms with Crippen LogP contribution in [-0.4, -0.2) is 51.4 Å². The Morgan fingerprint density at radius 1 is 1.36 bits per heavy atom. The van der Waals surface area contributed by atoms with Gasteiger partial charge in [0.15, 0.2) is 0 Å². The average molecular weight is 414 g/mol. The summed E-state index contributed by atoms with van der Waals surface area (Å²) < 4.78 is 45.1. The fraction of sp³-hybridized carbons (Fsp3) is 0.438. The molecule has 0 spiro atoms. The minimum Gasteiger partial charge on any atom is -0.464 e. The van der Waals surface area contributed by atoms with Gasteiger partial charge >= 0.3 is 12.2 Å². The highest BCUT2D eigenvalue weighted by atomic mass is 32.1. The van der Waals surface area contributed by atoms with Crippen molar-refractivity contribution in [2.75, 3.05) is 18.2 Å². The van der Waals surface area contributed by atoms with Gasteiger partial charge in [-0.1, -0.05) is 11.3 Å². The molecule has 1 atom stereocenters. The van der Waals surface area contributed by atoms with E-state index in [0.717, 1.165) is 6.29 Å². The van der Waals surface area contributed by atoms with E-state index in [9.17, 15) is 18.0 Å². The van der Waals surface area contributed by atoms with Gasteiger partial charge in [0.1, 0.15) is 35.5 Å². The van der Waals surface area contributed by atoms with Crippen LogP contribution < -0.4 is 9.64 Å². The number of hydrazone groups is 1. The Balaban J connectivity index is 2.02. The Hall–Kier alpha value is -2.76. The second-order valence-electron chi connectivity index (χ2n) is 5.89. The van der Waals surface area contributed by atoms with Gasteiger partial charge in [-0.15, -0.1) is 0 Å². The lowest BCUT2D eigenvalue weighted by Gasteiger charge is -2.21. The standard InChI is InChI=1S/C16H17F3N6O2S/c1-4-27-15-20-5-11(6-21-15)12-13(28-14(22-12)16(17,18)19)24-8-25(9(2)7-26)23-10(24)3/h5-7,9H,4,8H2,1-3H3/t9-/m1/s1. The molecule has 12 heteroatoms. The first-order valence-electron chi connectivity index (χ1n) is 8.32. The van der Waals surface area contributed by atoms with E-state index in [1.54, 1.807) is 25.7 Å². The van der Waals surface area contributed by atoms with Gasteiger partial charge in [0.05, 0.1) is 6.61 Å². The van der Waals surface area contributed by atoms with Crippen LogP contribution in [0.4, 0.5) is 18.2 Å². The third-order valence-corrected chi connectivity index (χ3v) is 5.01. The largest absolute Gasteiger partial charge is 0.464 e. The van der Waals surface area contributed by atoms with Crippen LogP contribution in [0.2, 0.25) is 0 Å². The van der Waals surface area contributed by atoms with Crippen molar-refractivity contribution in [1.29, 1.82) is 0 Å². The molecule has 0 aliphatic carbocycles. The summed E-state index contributed by atoms with van der Waals surface area (Å²) in [6.45, 7) is 5.59.